The Hall–Kier alpha value is -3.86. The molecule has 0 spiro atoms. The number of rotatable bonds is 5. The number of benzene rings is 3. The minimum absolute atomic E-state index is 0.0979. The van der Waals surface area contributed by atoms with Crippen LogP contribution in [0.5, 0.6) is 0 Å². The third kappa shape index (κ3) is 3.78. The van der Waals surface area contributed by atoms with E-state index in [2.05, 4.69) is 6.92 Å². The number of aliphatic hydroxyl groups excluding tert-OH is 1. The van der Waals surface area contributed by atoms with E-state index in [-0.39, 0.29) is 11.3 Å². The summed E-state index contributed by atoms with van der Waals surface area (Å²) in [6.45, 7) is 2.05. The molecule has 0 aliphatic carbocycles. The van der Waals surface area contributed by atoms with Crippen molar-refractivity contribution in [1.82, 2.24) is 0 Å². The number of aliphatic hydroxyl groups is 1. The summed E-state index contributed by atoms with van der Waals surface area (Å²) in [4.78, 5) is 29.8. The van der Waals surface area contributed by atoms with Crippen LogP contribution in [0.15, 0.2) is 84.4 Å². The van der Waals surface area contributed by atoms with Crippen molar-refractivity contribution in [2.24, 2.45) is 0 Å². The lowest BCUT2D eigenvalue weighted by molar-refractivity contribution is -0.132. The molecule has 0 radical (unpaired) electrons. The molecule has 32 heavy (non-hydrogen) atoms. The quantitative estimate of drug-likeness (QED) is 0.357. The summed E-state index contributed by atoms with van der Waals surface area (Å²) in [5.41, 5.74) is 4.11. The van der Waals surface area contributed by atoms with E-state index in [1.807, 2.05) is 73.6 Å². The van der Waals surface area contributed by atoms with Gasteiger partial charge in [-0.15, -0.1) is 0 Å². The lowest BCUT2D eigenvalue weighted by atomic mass is 9.94. The number of nitrogens with zero attached hydrogens (tertiary/aromatic N) is 2. The molecule has 3 aromatic carbocycles. The summed E-state index contributed by atoms with van der Waals surface area (Å²) in [6, 6.07) is 23.5. The zero-order valence-corrected chi connectivity index (χ0v) is 18.4. The third-order valence-corrected chi connectivity index (χ3v) is 5.84. The van der Waals surface area contributed by atoms with Gasteiger partial charge in [0.2, 0.25) is 0 Å². The number of carbonyl (C=O) groups is 2. The summed E-state index contributed by atoms with van der Waals surface area (Å²) in [7, 11) is 3.90. The Morgan fingerprint density at radius 1 is 0.906 bits per heavy atom. The predicted molar refractivity (Wildman–Crippen MR) is 128 cm³/mol. The molecule has 1 unspecified atom stereocenters. The van der Waals surface area contributed by atoms with Crippen LogP contribution in [0, 0.1) is 0 Å². The van der Waals surface area contributed by atoms with Crippen molar-refractivity contribution in [3.63, 3.8) is 0 Å². The van der Waals surface area contributed by atoms with Crippen LogP contribution in [0.1, 0.15) is 29.7 Å². The van der Waals surface area contributed by atoms with E-state index < -0.39 is 17.7 Å². The molecule has 5 nitrogen and oxygen atoms in total. The fourth-order valence-electron chi connectivity index (χ4n) is 4.01. The van der Waals surface area contributed by atoms with E-state index in [0.29, 0.717) is 11.3 Å². The lowest BCUT2D eigenvalue weighted by Gasteiger charge is -2.26. The standard InChI is InChI=1S/C27H26N2O3/c1-4-18-10-12-20(13-11-18)25(30)23-24(19-14-16-21(17-15-19)28(2)3)29(27(32)26(23)31)22-8-6-5-7-9-22/h5-17,24,30H,4H2,1-3H3/b25-23-. The van der Waals surface area contributed by atoms with Gasteiger partial charge in [0.25, 0.3) is 11.7 Å². The molecule has 3 aromatic rings. The number of ketones is 1. The Balaban J connectivity index is 1.89. The van der Waals surface area contributed by atoms with Crippen LogP contribution < -0.4 is 9.80 Å². The maximum Gasteiger partial charge on any atom is 0.300 e. The number of Topliss-reactive ketones (excluding diaryl/α,β-unsaturated/α-hetero) is 1. The lowest BCUT2D eigenvalue weighted by Crippen LogP contribution is -2.29. The molecule has 1 fully saturated rings. The molecule has 162 valence electrons. The van der Waals surface area contributed by atoms with Crippen LogP contribution in [0.2, 0.25) is 0 Å². The predicted octanol–water partition coefficient (Wildman–Crippen LogP) is 4.94. The van der Waals surface area contributed by atoms with Crippen molar-refractivity contribution >= 4 is 28.8 Å². The highest BCUT2D eigenvalue weighted by molar-refractivity contribution is 6.51. The van der Waals surface area contributed by atoms with Crippen LogP contribution in [0.3, 0.4) is 0 Å². The Bertz CT molecular complexity index is 1160. The number of aryl methyl sites for hydroxylation is 1. The zero-order chi connectivity index (χ0) is 22.8. The number of para-hydroxylation sites is 1. The Labute approximate surface area is 188 Å². The highest BCUT2D eigenvalue weighted by atomic mass is 16.3. The molecular formula is C27H26N2O3. The van der Waals surface area contributed by atoms with Gasteiger partial charge in [-0.2, -0.15) is 0 Å². The molecule has 1 aliphatic heterocycles. The molecule has 1 atom stereocenters. The summed E-state index contributed by atoms with van der Waals surface area (Å²) in [5.74, 6) is -1.50. The van der Waals surface area contributed by atoms with Gasteiger partial charge in [0.1, 0.15) is 5.76 Å². The molecular weight excluding hydrogens is 400 g/mol. The number of amides is 1. The van der Waals surface area contributed by atoms with E-state index in [9.17, 15) is 14.7 Å². The summed E-state index contributed by atoms with van der Waals surface area (Å²) < 4.78 is 0. The van der Waals surface area contributed by atoms with Crippen LogP contribution >= 0.6 is 0 Å². The minimum Gasteiger partial charge on any atom is -0.507 e. The summed E-state index contributed by atoms with van der Waals surface area (Å²) in [5, 5.41) is 11.2. The molecule has 1 N–H and O–H groups in total. The van der Waals surface area contributed by atoms with Gasteiger partial charge >= 0.3 is 0 Å². The van der Waals surface area contributed by atoms with Crippen molar-refractivity contribution in [1.29, 1.82) is 0 Å². The first kappa shape index (κ1) is 21.4. The molecule has 0 saturated carbocycles. The number of hydrogen-bond donors (Lipinski definition) is 1. The highest BCUT2D eigenvalue weighted by Gasteiger charge is 2.46. The fourth-order valence-corrected chi connectivity index (χ4v) is 4.01. The first-order valence-electron chi connectivity index (χ1n) is 10.6. The molecule has 5 heteroatoms. The van der Waals surface area contributed by atoms with Crippen LogP contribution in [-0.4, -0.2) is 30.9 Å². The molecule has 1 heterocycles. The maximum atomic E-state index is 13.2. The van der Waals surface area contributed by atoms with E-state index >= 15 is 0 Å². The van der Waals surface area contributed by atoms with Gasteiger partial charge in [-0.25, -0.2) is 0 Å². The van der Waals surface area contributed by atoms with Gasteiger partial charge in [-0.05, 0) is 41.8 Å². The molecule has 1 saturated heterocycles. The number of hydrogen-bond acceptors (Lipinski definition) is 4. The topological polar surface area (TPSA) is 60.9 Å². The average molecular weight is 427 g/mol. The van der Waals surface area contributed by atoms with Gasteiger partial charge < -0.3 is 10.0 Å². The normalized spacial score (nSPS) is 17.6. The maximum absolute atomic E-state index is 13.2. The van der Waals surface area contributed by atoms with Crippen molar-refractivity contribution < 1.29 is 14.7 Å². The second-order valence-electron chi connectivity index (χ2n) is 8.04. The number of anilines is 2. The van der Waals surface area contributed by atoms with E-state index in [1.54, 1.807) is 24.3 Å². The molecule has 1 amide bonds. The number of carbonyl (C=O) groups excluding carboxylic acids is 2. The minimum atomic E-state index is -0.723. The Morgan fingerprint density at radius 3 is 2.09 bits per heavy atom. The van der Waals surface area contributed by atoms with Crippen molar-refractivity contribution in [3.05, 3.63) is 101 Å². The molecule has 4 rings (SSSR count). The van der Waals surface area contributed by atoms with E-state index in [0.717, 1.165) is 23.2 Å². The zero-order valence-electron chi connectivity index (χ0n) is 18.4. The van der Waals surface area contributed by atoms with Gasteiger partial charge in [-0.3, -0.25) is 14.5 Å². The van der Waals surface area contributed by atoms with Crippen LogP contribution in [0.4, 0.5) is 11.4 Å². The first-order valence-corrected chi connectivity index (χ1v) is 10.6. The average Bonchev–Trinajstić information content (AvgIpc) is 3.09. The highest BCUT2D eigenvalue weighted by Crippen LogP contribution is 2.42. The third-order valence-electron chi connectivity index (χ3n) is 5.84. The van der Waals surface area contributed by atoms with Gasteiger partial charge in [0.15, 0.2) is 0 Å². The molecule has 1 aliphatic rings. The smallest absolute Gasteiger partial charge is 0.300 e. The van der Waals surface area contributed by atoms with E-state index in [1.165, 1.54) is 4.90 Å². The van der Waals surface area contributed by atoms with E-state index in [4.69, 9.17) is 0 Å². The van der Waals surface area contributed by atoms with Gasteiger partial charge in [-0.1, -0.05) is 61.5 Å². The second-order valence-corrected chi connectivity index (χ2v) is 8.04. The van der Waals surface area contributed by atoms with Crippen LogP contribution in [0.25, 0.3) is 5.76 Å². The van der Waals surface area contributed by atoms with Crippen LogP contribution in [-0.2, 0) is 16.0 Å². The SMILES string of the molecule is CCc1ccc(/C(O)=C2/C(=O)C(=O)N(c3ccccc3)C2c2ccc(N(C)C)cc2)cc1. The molecule has 0 bridgehead atoms. The Kier molecular flexibility index (Phi) is 5.82. The van der Waals surface area contributed by atoms with Crippen molar-refractivity contribution in [3.8, 4) is 0 Å². The van der Waals surface area contributed by atoms with Gasteiger partial charge in [0.05, 0.1) is 11.6 Å². The first-order chi connectivity index (χ1) is 15.4. The Morgan fingerprint density at radius 2 is 1.53 bits per heavy atom. The summed E-state index contributed by atoms with van der Waals surface area (Å²) in [6.07, 6.45) is 0.873. The summed E-state index contributed by atoms with van der Waals surface area (Å²) >= 11 is 0. The molecule has 0 aromatic heterocycles. The van der Waals surface area contributed by atoms with Crippen molar-refractivity contribution in [2.75, 3.05) is 23.9 Å². The second kappa shape index (κ2) is 8.71. The van der Waals surface area contributed by atoms with Crippen molar-refractivity contribution in [2.45, 2.75) is 19.4 Å². The van der Waals surface area contributed by atoms with Gasteiger partial charge in [0, 0.05) is 31.0 Å². The monoisotopic (exact) mass is 426 g/mol. The largest absolute Gasteiger partial charge is 0.507 e. The fraction of sp³-hybridized carbons (Fsp3) is 0.185.